The van der Waals surface area contributed by atoms with E-state index in [0.717, 1.165) is 38.8 Å². The van der Waals surface area contributed by atoms with Crippen LogP contribution in [-0.4, -0.2) is 42.6 Å². The fourth-order valence-corrected chi connectivity index (χ4v) is 1.92. The Morgan fingerprint density at radius 2 is 2.00 bits per heavy atom. The van der Waals surface area contributed by atoms with E-state index in [1.807, 2.05) is 7.05 Å². The highest BCUT2D eigenvalue weighted by Gasteiger charge is 2.15. The third kappa shape index (κ3) is 5.79. The molecule has 1 heterocycles. The van der Waals surface area contributed by atoms with Crippen LogP contribution in [0.15, 0.2) is 0 Å². The summed E-state index contributed by atoms with van der Waals surface area (Å²) >= 11 is 5.83. The molecule has 0 unspecified atom stereocenters. The maximum Gasteiger partial charge on any atom is 0.271 e. The van der Waals surface area contributed by atoms with E-state index in [-0.39, 0.29) is 11.2 Å². The minimum absolute atomic E-state index is 0.173. The Morgan fingerprint density at radius 1 is 1.25 bits per heavy atom. The van der Waals surface area contributed by atoms with E-state index in [4.69, 9.17) is 11.6 Å². The number of H-pyrrole nitrogens is 1. The Hall–Kier alpha value is -1.27. The van der Waals surface area contributed by atoms with Gasteiger partial charge in [-0.3, -0.25) is 4.79 Å². The topological polar surface area (TPSA) is 81.8 Å². The molecule has 0 aromatic carbocycles. The van der Waals surface area contributed by atoms with E-state index in [9.17, 15) is 4.79 Å². The predicted molar refractivity (Wildman–Crippen MR) is 82.5 cm³/mol. The molecule has 1 amide bonds. The summed E-state index contributed by atoms with van der Waals surface area (Å²) in [7, 11) is 1.92. The van der Waals surface area contributed by atoms with Crippen molar-refractivity contribution in [1.82, 2.24) is 20.6 Å². The Labute approximate surface area is 125 Å². The van der Waals surface area contributed by atoms with Crippen molar-refractivity contribution >= 4 is 23.3 Å². The molecular weight excluding hydrogens is 278 g/mol. The van der Waals surface area contributed by atoms with Crippen molar-refractivity contribution in [2.24, 2.45) is 0 Å². The van der Waals surface area contributed by atoms with Crippen molar-refractivity contribution in [1.29, 1.82) is 0 Å². The molecule has 7 heteroatoms. The van der Waals surface area contributed by atoms with Crippen molar-refractivity contribution < 1.29 is 4.79 Å². The summed E-state index contributed by atoms with van der Waals surface area (Å²) in [6.07, 6.45) is 4.07. The molecule has 20 heavy (non-hydrogen) atoms. The smallest absolute Gasteiger partial charge is 0.271 e. The Kier molecular flexibility index (Phi) is 8.06. The number of aromatic amines is 1. The lowest BCUT2D eigenvalue weighted by atomic mass is 10.3. The summed E-state index contributed by atoms with van der Waals surface area (Å²) < 4.78 is 0. The van der Waals surface area contributed by atoms with Crippen LogP contribution in [0.5, 0.6) is 0 Å². The van der Waals surface area contributed by atoms with E-state index in [0.29, 0.717) is 18.1 Å². The lowest BCUT2D eigenvalue weighted by molar-refractivity contribution is 0.0949. The van der Waals surface area contributed by atoms with Gasteiger partial charge in [-0.1, -0.05) is 13.3 Å². The number of nitrogens with zero attached hydrogens (tertiary/aromatic N) is 1. The zero-order chi connectivity index (χ0) is 14.8. The van der Waals surface area contributed by atoms with Gasteiger partial charge < -0.3 is 20.9 Å². The summed E-state index contributed by atoms with van der Waals surface area (Å²) in [5.41, 5.74) is 0.403. The Morgan fingerprint density at radius 3 is 2.70 bits per heavy atom. The molecule has 0 saturated carbocycles. The number of carbonyl (C=O) groups excluding carboxylic acids is 1. The maximum absolute atomic E-state index is 12.0. The van der Waals surface area contributed by atoms with Gasteiger partial charge in [0.2, 0.25) is 5.28 Å². The second-order valence-electron chi connectivity index (χ2n) is 4.60. The third-order valence-corrected chi connectivity index (χ3v) is 3.04. The molecule has 0 fully saturated rings. The van der Waals surface area contributed by atoms with Gasteiger partial charge >= 0.3 is 0 Å². The second-order valence-corrected chi connectivity index (χ2v) is 4.96. The average Bonchev–Trinajstić information content (AvgIpc) is 2.80. The summed E-state index contributed by atoms with van der Waals surface area (Å²) in [6.45, 7) is 4.49. The first-order valence-corrected chi connectivity index (χ1v) is 7.49. The van der Waals surface area contributed by atoms with E-state index >= 15 is 0 Å². The minimum atomic E-state index is -0.173. The molecule has 0 bridgehead atoms. The van der Waals surface area contributed by atoms with Crippen LogP contribution in [0.1, 0.15) is 43.1 Å². The average molecular weight is 302 g/mol. The first-order chi connectivity index (χ1) is 9.69. The van der Waals surface area contributed by atoms with Crippen LogP contribution in [0.25, 0.3) is 0 Å². The lowest BCUT2D eigenvalue weighted by Crippen LogP contribution is -2.26. The number of anilines is 1. The number of carbonyl (C=O) groups is 1. The fourth-order valence-electron chi connectivity index (χ4n) is 1.74. The highest BCUT2D eigenvalue weighted by molar-refractivity contribution is 6.28. The molecule has 4 N–H and O–H groups in total. The third-order valence-electron chi connectivity index (χ3n) is 2.86. The van der Waals surface area contributed by atoms with Crippen molar-refractivity contribution in [3.8, 4) is 0 Å². The van der Waals surface area contributed by atoms with Gasteiger partial charge in [-0.05, 0) is 44.5 Å². The van der Waals surface area contributed by atoms with E-state index in [1.165, 1.54) is 0 Å². The number of unbranched alkanes of at least 4 members (excludes halogenated alkanes) is 2. The SMILES string of the molecule is CCCCNc1nc(Cl)[nH]c1C(=O)NCCCCNC. The van der Waals surface area contributed by atoms with Gasteiger partial charge in [-0.2, -0.15) is 0 Å². The van der Waals surface area contributed by atoms with E-state index in [1.54, 1.807) is 0 Å². The number of rotatable bonds is 10. The van der Waals surface area contributed by atoms with Gasteiger partial charge in [0.25, 0.3) is 5.91 Å². The number of imidazole rings is 1. The normalized spacial score (nSPS) is 10.6. The molecule has 0 spiro atoms. The van der Waals surface area contributed by atoms with Crippen molar-refractivity contribution in [3.05, 3.63) is 11.0 Å². The Bertz CT molecular complexity index is 407. The summed E-state index contributed by atoms with van der Waals surface area (Å²) in [6, 6.07) is 0. The quantitative estimate of drug-likeness (QED) is 0.498. The van der Waals surface area contributed by atoms with Crippen molar-refractivity contribution in [2.75, 3.05) is 32.0 Å². The van der Waals surface area contributed by atoms with Gasteiger partial charge in [0.15, 0.2) is 5.82 Å². The lowest BCUT2D eigenvalue weighted by Gasteiger charge is -2.06. The highest BCUT2D eigenvalue weighted by atomic mass is 35.5. The molecule has 0 radical (unpaired) electrons. The number of amides is 1. The van der Waals surface area contributed by atoms with Crippen molar-refractivity contribution in [2.45, 2.75) is 32.6 Å². The van der Waals surface area contributed by atoms with Gasteiger partial charge in [0, 0.05) is 13.1 Å². The van der Waals surface area contributed by atoms with E-state index < -0.39 is 0 Å². The molecule has 0 aliphatic heterocycles. The highest BCUT2D eigenvalue weighted by Crippen LogP contribution is 2.15. The molecule has 1 aromatic rings. The van der Waals surface area contributed by atoms with Crippen LogP contribution in [0.4, 0.5) is 5.82 Å². The predicted octanol–water partition coefficient (Wildman–Crippen LogP) is 2.00. The van der Waals surface area contributed by atoms with Crippen LogP contribution < -0.4 is 16.0 Å². The van der Waals surface area contributed by atoms with Crippen LogP contribution in [0.2, 0.25) is 5.28 Å². The Balaban J connectivity index is 2.45. The van der Waals surface area contributed by atoms with Crippen LogP contribution in [0, 0.1) is 0 Å². The first kappa shape index (κ1) is 16.8. The number of hydrogen-bond acceptors (Lipinski definition) is 4. The van der Waals surface area contributed by atoms with E-state index in [2.05, 4.69) is 32.8 Å². The number of halogens is 1. The van der Waals surface area contributed by atoms with Crippen LogP contribution in [0.3, 0.4) is 0 Å². The van der Waals surface area contributed by atoms with Crippen molar-refractivity contribution in [3.63, 3.8) is 0 Å². The summed E-state index contributed by atoms with van der Waals surface area (Å²) in [5, 5.41) is 9.29. The molecule has 0 saturated heterocycles. The molecule has 1 aromatic heterocycles. The van der Waals surface area contributed by atoms with Gasteiger partial charge in [-0.25, -0.2) is 4.98 Å². The fraction of sp³-hybridized carbons (Fsp3) is 0.692. The summed E-state index contributed by atoms with van der Waals surface area (Å²) in [4.78, 5) is 18.9. The number of nitrogens with one attached hydrogen (secondary N) is 4. The van der Waals surface area contributed by atoms with Gasteiger partial charge in [0.1, 0.15) is 5.69 Å². The monoisotopic (exact) mass is 301 g/mol. The van der Waals surface area contributed by atoms with Crippen LogP contribution >= 0.6 is 11.6 Å². The van der Waals surface area contributed by atoms with Gasteiger partial charge in [-0.15, -0.1) is 0 Å². The zero-order valence-electron chi connectivity index (χ0n) is 12.2. The van der Waals surface area contributed by atoms with Crippen LogP contribution in [-0.2, 0) is 0 Å². The molecule has 0 atom stereocenters. The second kappa shape index (κ2) is 9.61. The molecular formula is C13H24ClN5O. The zero-order valence-corrected chi connectivity index (χ0v) is 12.9. The molecule has 6 nitrogen and oxygen atoms in total. The first-order valence-electron chi connectivity index (χ1n) is 7.11. The molecule has 0 aliphatic rings. The minimum Gasteiger partial charge on any atom is -0.368 e. The summed E-state index contributed by atoms with van der Waals surface area (Å²) in [5.74, 6) is 0.351. The maximum atomic E-state index is 12.0. The number of hydrogen-bond donors (Lipinski definition) is 4. The van der Waals surface area contributed by atoms with Gasteiger partial charge in [0.05, 0.1) is 0 Å². The standard InChI is InChI=1S/C13H24ClN5O/c1-3-4-8-16-11-10(18-13(14)19-11)12(20)17-9-6-5-7-15-2/h15-16H,3-9H2,1-2H3,(H,17,20)(H,18,19). The largest absolute Gasteiger partial charge is 0.368 e. The molecule has 0 aliphatic carbocycles. The molecule has 114 valence electrons. The number of aromatic nitrogens is 2. The molecule has 1 rings (SSSR count).